The lowest BCUT2D eigenvalue weighted by Crippen LogP contribution is -2.13. The van der Waals surface area contributed by atoms with E-state index < -0.39 is 0 Å². The first-order valence-electron chi connectivity index (χ1n) is 7.00. The van der Waals surface area contributed by atoms with E-state index in [1.807, 2.05) is 11.7 Å². The Labute approximate surface area is 112 Å². The highest BCUT2D eigenvalue weighted by Crippen LogP contribution is 2.23. The molecule has 0 saturated carbocycles. The number of nitrogens with two attached hydrogens (primary N) is 1. The second kappa shape index (κ2) is 4.85. The lowest BCUT2D eigenvalue weighted by molar-refractivity contribution is 0.101. The van der Waals surface area contributed by atoms with Crippen molar-refractivity contribution in [1.82, 2.24) is 19.3 Å². The Kier molecular flexibility index (Phi) is 3.18. The predicted octanol–water partition coefficient (Wildman–Crippen LogP) is 1.48. The first-order valence-corrected chi connectivity index (χ1v) is 7.00. The predicted molar refractivity (Wildman–Crippen MR) is 73.9 cm³/mol. The minimum Gasteiger partial charge on any atom is -0.378 e. The van der Waals surface area contributed by atoms with Gasteiger partial charge in [-0.25, -0.2) is 4.98 Å². The van der Waals surface area contributed by atoms with Gasteiger partial charge in [-0.3, -0.25) is 9.25 Å². The summed E-state index contributed by atoms with van der Waals surface area (Å²) in [6.45, 7) is 3.82. The van der Waals surface area contributed by atoms with Gasteiger partial charge in [0.15, 0.2) is 5.65 Å². The van der Waals surface area contributed by atoms with Gasteiger partial charge < -0.3 is 10.5 Å². The minimum atomic E-state index is 0.371. The van der Waals surface area contributed by atoms with Gasteiger partial charge in [0.05, 0.1) is 11.8 Å². The average Bonchev–Trinajstić information content (AvgIpc) is 3.06. The normalized spacial score (nSPS) is 19.6. The molecule has 1 atom stereocenters. The molecule has 1 saturated heterocycles. The Bertz CT molecular complexity index is 579. The molecule has 1 unspecified atom stereocenters. The zero-order chi connectivity index (χ0) is 13.4. The van der Waals surface area contributed by atoms with E-state index in [0.717, 1.165) is 49.3 Å². The molecule has 0 spiro atoms. The quantitative estimate of drug-likeness (QED) is 0.907. The summed E-state index contributed by atoms with van der Waals surface area (Å²) in [5.74, 6) is 0.579. The fourth-order valence-corrected chi connectivity index (χ4v) is 2.86. The SMILES string of the molecule is CCc1nn(C)c2c1nc(N)n2CCC1CCCO1. The molecule has 6 nitrogen and oxygen atoms in total. The maximum Gasteiger partial charge on any atom is 0.202 e. The Hall–Kier alpha value is -1.56. The van der Waals surface area contributed by atoms with Gasteiger partial charge in [0, 0.05) is 20.2 Å². The summed E-state index contributed by atoms with van der Waals surface area (Å²) in [7, 11) is 1.95. The molecular weight excluding hydrogens is 242 g/mol. The van der Waals surface area contributed by atoms with Gasteiger partial charge in [0.1, 0.15) is 5.52 Å². The van der Waals surface area contributed by atoms with Crippen LogP contribution in [0, 0.1) is 0 Å². The van der Waals surface area contributed by atoms with Crippen molar-refractivity contribution < 1.29 is 4.74 Å². The molecule has 0 aromatic carbocycles. The summed E-state index contributed by atoms with van der Waals surface area (Å²) in [6, 6.07) is 0. The van der Waals surface area contributed by atoms with Crippen LogP contribution in [-0.2, 0) is 24.8 Å². The molecule has 2 N–H and O–H groups in total. The summed E-state index contributed by atoms with van der Waals surface area (Å²) < 4.78 is 9.60. The third-order valence-electron chi connectivity index (χ3n) is 3.85. The maximum atomic E-state index is 6.04. The Morgan fingerprint density at radius 3 is 3.00 bits per heavy atom. The van der Waals surface area contributed by atoms with Crippen LogP contribution in [0.4, 0.5) is 5.95 Å². The van der Waals surface area contributed by atoms with E-state index >= 15 is 0 Å². The highest BCUT2D eigenvalue weighted by atomic mass is 16.5. The van der Waals surface area contributed by atoms with E-state index in [2.05, 4.69) is 21.6 Å². The van der Waals surface area contributed by atoms with E-state index in [0.29, 0.717) is 12.1 Å². The smallest absolute Gasteiger partial charge is 0.202 e. The molecule has 0 aliphatic carbocycles. The molecule has 3 heterocycles. The van der Waals surface area contributed by atoms with Crippen molar-refractivity contribution in [3.63, 3.8) is 0 Å². The van der Waals surface area contributed by atoms with Crippen molar-refractivity contribution in [3.05, 3.63) is 5.69 Å². The Morgan fingerprint density at radius 1 is 1.47 bits per heavy atom. The molecule has 19 heavy (non-hydrogen) atoms. The number of hydrogen-bond acceptors (Lipinski definition) is 4. The van der Waals surface area contributed by atoms with Gasteiger partial charge in [0.25, 0.3) is 0 Å². The molecule has 6 heteroatoms. The van der Waals surface area contributed by atoms with E-state index in [9.17, 15) is 0 Å². The van der Waals surface area contributed by atoms with Crippen LogP contribution in [0.3, 0.4) is 0 Å². The lowest BCUT2D eigenvalue weighted by Gasteiger charge is -2.11. The molecule has 0 amide bonds. The lowest BCUT2D eigenvalue weighted by atomic mass is 10.2. The fraction of sp³-hybridized carbons (Fsp3) is 0.692. The third-order valence-corrected chi connectivity index (χ3v) is 3.85. The number of ether oxygens (including phenoxy) is 1. The second-order valence-corrected chi connectivity index (χ2v) is 5.14. The van der Waals surface area contributed by atoms with Gasteiger partial charge in [0.2, 0.25) is 5.95 Å². The number of anilines is 1. The van der Waals surface area contributed by atoms with Crippen LogP contribution in [0.15, 0.2) is 0 Å². The topological polar surface area (TPSA) is 70.9 Å². The summed E-state index contributed by atoms with van der Waals surface area (Å²) in [4.78, 5) is 4.47. The Balaban J connectivity index is 1.89. The number of fused-ring (bicyclic) bond motifs is 1. The average molecular weight is 263 g/mol. The van der Waals surface area contributed by atoms with Crippen LogP contribution in [0.25, 0.3) is 11.2 Å². The molecule has 2 aromatic rings. The van der Waals surface area contributed by atoms with Crippen molar-refractivity contribution in [2.75, 3.05) is 12.3 Å². The number of aryl methyl sites for hydroxylation is 3. The molecule has 1 aliphatic rings. The van der Waals surface area contributed by atoms with Crippen molar-refractivity contribution in [3.8, 4) is 0 Å². The van der Waals surface area contributed by atoms with Gasteiger partial charge in [-0.2, -0.15) is 5.10 Å². The van der Waals surface area contributed by atoms with Gasteiger partial charge in [-0.1, -0.05) is 6.92 Å². The zero-order valence-corrected chi connectivity index (χ0v) is 11.6. The second-order valence-electron chi connectivity index (χ2n) is 5.14. The van der Waals surface area contributed by atoms with Crippen LogP contribution < -0.4 is 5.73 Å². The number of hydrogen-bond donors (Lipinski definition) is 1. The maximum absolute atomic E-state index is 6.04. The highest BCUT2D eigenvalue weighted by molar-refractivity contribution is 5.77. The first-order chi connectivity index (χ1) is 9.20. The standard InChI is InChI=1S/C13H21N5O/c1-3-10-11-12(17(2)16-10)18(13(14)15-11)7-6-9-5-4-8-19-9/h9H,3-8H2,1-2H3,(H2,14,15). The van der Waals surface area contributed by atoms with Crippen molar-refractivity contribution in [1.29, 1.82) is 0 Å². The fourth-order valence-electron chi connectivity index (χ4n) is 2.86. The third kappa shape index (κ3) is 2.10. The molecule has 1 fully saturated rings. The highest BCUT2D eigenvalue weighted by Gasteiger charge is 2.19. The molecular formula is C13H21N5O. The molecule has 0 radical (unpaired) electrons. The van der Waals surface area contributed by atoms with Gasteiger partial charge >= 0.3 is 0 Å². The zero-order valence-electron chi connectivity index (χ0n) is 11.6. The van der Waals surface area contributed by atoms with Crippen molar-refractivity contribution >= 4 is 17.1 Å². The molecule has 2 aromatic heterocycles. The number of nitrogen functional groups attached to an aromatic ring is 1. The van der Waals surface area contributed by atoms with Crippen LogP contribution in [0.2, 0.25) is 0 Å². The van der Waals surface area contributed by atoms with Gasteiger partial charge in [-0.15, -0.1) is 0 Å². The van der Waals surface area contributed by atoms with E-state index in [1.54, 1.807) is 0 Å². The molecule has 3 rings (SSSR count). The number of rotatable bonds is 4. The van der Waals surface area contributed by atoms with Gasteiger partial charge in [-0.05, 0) is 25.7 Å². The molecule has 0 bridgehead atoms. The van der Waals surface area contributed by atoms with Crippen LogP contribution >= 0.6 is 0 Å². The van der Waals surface area contributed by atoms with Crippen molar-refractivity contribution in [2.45, 2.75) is 45.3 Å². The number of aromatic nitrogens is 4. The first kappa shape index (κ1) is 12.5. The largest absolute Gasteiger partial charge is 0.378 e. The molecule has 104 valence electrons. The van der Waals surface area contributed by atoms with E-state index in [4.69, 9.17) is 10.5 Å². The van der Waals surface area contributed by atoms with Crippen LogP contribution in [0.5, 0.6) is 0 Å². The minimum absolute atomic E-state index is 0.371. The summed E-state index contributed by atoms with van der Waals surface area (Å²) in [5.41, 5.74) is 9.02. The number of imidazole rings is 1. The van der Waals surface area contributed by atoms with E-state index in [1.165, 1.54) is 6.42 Å². The monoisotopic (exact) mass is 263 g/mol. The Morgan fingerprint density at radius 2 is 2.32 bits per heavy atom. The molecule has 1 aliphatic heterocycles. The summed E-state index contributed by atoms with van der Waals surface area (Å²) in [6.07, 6.45) is 4.56. The summed E-state index contributed by atoms with van der Waals surface area (Å²) >= 11 is 0. The number of nitrogens with zero attached hydrogens (tertiary/aromatic N) is 4. The van der Waals surface area contributed by atoms with Crippen LogP contribution in [0.1, 0.15) is 31.9 Å². The van der Waals surface area contributed by atoms with Crippen molar-refractivity contribution in [2.24, 2.45) is 7.05 Å². The van der Waals surface area contributed by atoms with Crippen LogP contribution in [-0.4, -0.2) is 32.0 Å². The summed E-state index contributed by atoms with van der Waals surface area (Å²) in [5, 5.41) is 4.50. The van der Waals surface area contributed by atoms with E-state index in [-0.39, 0.29) is 0 Å².